The van der Waals surface area contributed by atoms with Crippen LogP contribution in [0.2, 0.25) is 0 Å². The van der Waals surface area contributed by atoms with Crippen LogP contribution in [-0.2, 0) is 5.41 Å². The summed E-state index contributed by atoms with van der Waals surface area (Å²) in [5, 5.41) is 0. The van der Waals surface area contributed by atoms with Crippen LogP contribution in [0.1, 0.15) is 29.5 Å². The van der Waals surface area contributed by atoms with Crippen molar-refractivity contribution in [2.75, 3.05) is 0 Å². The Morgan fingerprint density at radius 1 is 0.625 bits per heavy atom. The predicted molar refractivity (Wildman–Crippen MR) is 138 cm³/mol. The molecule has 0 amide bonds. The molecule has 0 aliphatic heterocycles. The van der Waals surface area contributed by atoms with Crippen LogP contribution in [0.3, 0.4) is 0 Å². The average molecular weight is 475 g/mol. The Balaban J connectivity index is 1.73. The van der Waals surface area contributed by atoms with E-state index in [-0.39, 0.29) is 5.41 Å². The van der Waals surface area contributed by atoms with Crippen LogP contribution < -0.4 is 0 Å². The van der Waals surface area contributed by atoms with Gasteiger partial charge < -0.3 is 0 Å². The van der Waals surface area contributed by atoms with Gasteiger partial charge in [0.05, 0.1) is 5.41 Å². The van der Waals surface area contributed by atoms with Gasteiger partial charge in [-0.05, 0) is 75.6 Å². The van der Waals surface area contributed by atoms with Gasteiger partial charge in [-0.1, -0.05) is 113 Å². The molecular formula is C31H23Br. The van der Waals surface area contributed by atoms with Gasteiger partial charge in [-0.2, -0.15) is 0 Å². The number of rotatable bonds is 3. The van der Waals surface area contributed by atoms with Gasteiger partial charge >= 0.3 is 0 Å². The van der Waals surface area contributed by atoms with Crippen LogP contribution >= 0.6 is 15.9 Å². The summed E-state index contributed by atoms with van der Waals surface area (Å²) in [6.07, 6.45) is 9.32. The first-order valence-electron chi connectivity index (χ1n) is 11.2. The summed E-state index contributed by atoms with van der Waals surface area (Å²) in [5.74, 6) is 0. The molecule has 2 aliphatic rings. The lowest BCUT2D eigenvalue weighted by Crippen LogP contribution is -2.29. The fourth-order valence-corrected chi connectivity index (χ4v) is 5.84. The minimum absolute atomic E-state index is 0.322. The van der Waals surface area contributed by atoms with Crippen molar-refractivity contribution in [2.45, 2.75) is 18.3 Å². The minimum atomic E-state index is -0.322. The molecule has 0 aromatic heterocycles. The lowest BCUT2D eigenvalue weighted by molar-refractivity contribution is 0.751. The van der Waals surface area contributed by atoms with E-state index < -0.39 is 0 Å². The second kappa shape index (κ2) is 7.76. The van der Waals surface area contributed by atoms with Crippen molar-refractivity contribution in [3.05, 3.63) is 142 Å². The molecule has 4 aromatic rings. The highest BCUT2D eigenvalue weighted by Crippen LogP contribution is 2.58. The van der Waals surface area contributed by atoms with Crippen molar-refractivity contribution in [1.82, 2.24) is 0 Å². The summed E-state index contributed by atoms with van der Waals surface area (Å²) in [5.41, 5.74) is 10.3. The third kappa shape index (κ3) is 2.88. The largest absolute Gasteiger partial charge is 0.0839 e. The predicted octanol–water partition coefficient (Wildman–Crippen LogP) is 8.71. The van der Waals surface area contributed by atoms with Gasteiger partial charge in [0.2, 0.25) is 0 Å². The summed E-state index contributed by atoms with van der Waals surface area (Å²) in [6.45, 7) is 0. The van der Waals surface area contributed by atoms with E-state index in [0.29, 0.717) is 0 Å². The van der Waals surface area contributed by atoms with E-state index in [1.807, 2.05) is 0 Å². The molecule has 0 saturated carbocycles. The lowest BCUT2D eigenvalue weighted by atomic mass is 9.66. The van der Waals surface area contributed by atoms with Gasteiger partial charge in [-0.3, -0.25) is 0 Å². The zero-order valence-electron chi connectivity index (χ0n) is 17.8. The average Bonchev–Trinajstić information content (AvgIpc) is 3.15. The second-order valence-electron chi connectivity index (χ2n) is 8.57. The molecule has 0 N–H and O–H groups in total. The Morgan fingerprint density at radius 2 is 1.31 bits per heavy atom. The molecule has 0 bridgehead atoms. The number of hydrogen-bond donors (Lipinski definition) is 0. The zero-order chi connectivity index (χ0) is 21.5. The Bertz CT molecular complexity index is 1360. The van der Waals surface area contributed by atoms with Crippen LogP contribution in [0, 0.1) is 0 Å². The number of benzene rings is 4. The molecule has 154 valence electrons. The summed E-state index contributed by atoms with van der Waals surface area (Å²) >= 11 is 3.77. The number of hydrogen-bond acceptors (Lipinski definition) is 0. The number of allylic oxidation sites excluding steroid dienone is 4. The summed E-state index contributed by atoms with van der Waals surface area (Å²) in [6, 6.07) is 35.5. The third-order valence-corrected chi connectivity index (χ3v) is 7.33. The van der Waals surface area contributed by atoms with Gasteiger partial charge in [-0.25, -0.2) is 0 Å². The van der Waals surface area contributed by atoms with E-state index in [0.717, 1.165) is 17.3 Å². The van der Waals surface area contributed by atoms with E-state index in [2.05, 4.69) is 131 Å². The van der Waals surface area contributed by atoms with Crippen molar-refractivity contribution in [1.29, 1.82) is 0 Å². The highest BCUT2D eigenvalue weighted by Gasteiger charge is 2.47. The first-order valence-corrected chi connectivity index (χ1v) is 12.0. The number of fused-ring (bicyclic) bond motifs is 3. The molecular weight excluding hydrogens is 452 g/mol. The van der Waals surface area contributed by atoms with Crippen LogP contribution in [0.25, 0.3) is 22.3 Å². The SMILES string of the molecule is Brc1ccc2c(c1)C(C1=CCCC=C1)(c1ccccc1)c1cc(-c3ccccc3)ccc1-2. The third-order valence-electron chi connectivity index (χ3n) is 6.84. The number of halogens is 1. The van der Waals surface area contributed by atoms with Crippen molar-refractivity contribution >= 4 is 15.9 Å². The maximum Gasteiger partial charge on any atom is 0.0710 e. The Hall–Kier alpha value is -3.16. The van der Waals surface area contributed by atoms with E-state index in [1.165, 1.54) is 44.5 Å². The first-order chi connectivity index (χ1) is 15.8. The Kier molecular flexibility index (Phi) is 4.73. The maximum absolute atomic E-state index is 3.77. The van der Waals surface area contributed by atoms with Crippen molar-refractivity contribution in [3.8, 4) is 22.3 Å². The smallest absolute Gasteiger partial charge is 0.0710 e. The van der Waals surface area contributed by atoms with E-state index >= 15 is 0 Å². The minimum Gasteiger partial charge on any atom is -0.0839 e. The molecule has 0 nitrogen and oxygen atoms in total. The van der Waals surface area contributed by atoms with E-state index in [9.17, 15) is 0 Å². The Labute approximate surface area is 198 Å². The quantitative estimate of drug-likeness (QED) is 0.278. The fourth-order valence-electron chi connectivity index (χ4n) is 5.47. The molecule has 0 fully saturated rings. The van der Waals surface area contributed by atoms with Crippen molar-refractivity contribution in [3.63, 3.8) is 0 Å². The van der Waals surface area contributed by atoms with Crippen LogP contribution in [0.5, 0.6) is 0 Å². The van der Waals surface area contributed by atoms with Gasteiger partial charge in [-0.15, -0.1) is 0 Å². The molecule has 32 heavy (non-hydrogen) atoms. The molecule has 0 saturated heterocycles. The van der Waals surface area contributed by atoms with E-state index in [4.69, 9.17) is 0 Å². The highest BCUT2D eigenvalue weighted by atomic mass is 79.9. The molecule has 4 aromatic carbocycles. The topological polar surface area (TPSA) is 0 Å². The van der Waals surface area contributed by atoms with Crippen molar-refractivity contribution < 1.29 is 0 Å². The van der Waals surface area contributed by atoms with Crippen LogP contribution in [0.4, 0.5) is 0 Å². The molecule has 1 unspecified atom stereocenters. The van der Waals surface area contributed by atoms with Gasteiger partial charge in [0, 0.05) is 4.47 Å². The van der Waals surface area contributed by atoms with Crippen molar-refractivity contribution in [2.24, 2.45) is 0 Å². The molecule has 0 spiro atoms. The Morgan fingerprint density at radius 3 is 2.03 bits per heavy atom. The molecule has 1 atom stereocenters. The summed E-state index contributed by atoms with van der Waals surface area (Å²) in [4.78, 5) is 0. The summed E-state index contributed by atoms with van der Waals surface area (Å²) < 4.78 is 1.12. The molecule has 6 rings (SSSR count). The second-order valence-corrected chi connectivity index (χ2v) is 9.49. The van der Waals surface area contributed by atoms with Gasteiger partial charge in [0.25, 0.3) is 0 Å². The zero-order valence-corrected chi connectivity index (χ0v) is 19.3. The first kappa shape index (κ1) is 19.5. The molecule has 2 aliphatic carbocycles. The van der Waals surface area contributed by atoms with E-state index in [1.54, 1.807) is 0 Å². The molecule has 0 radical (unpaired) electrons. The van der Waals surface area contributed by atoms with Gasteiger partial charge in [0.1, 0.15) is 0 Å². The normalized spacial score (nSPS) is 18.7. The molecule has 0 heterocycles. The fraction of sp³-hybridized carbons (Fsp3) is 0.0968. The van der Waals surface area contributed by atoms with Gasteiger partial charge in [0.15, 0.2) is 0 Å². The maximum atomic E-state index is 3.77. The highest BCUT2D eigenvalue weighted by molar-refractivity contribution is 9.10. The standard InChI is InChI=1S/C31H23Br/c32-26-17-19-28-27-18-16-23(22-10-4-1-5-11-22)20-29(27)31(30(28)21-26,24-12-6-2-7-13-24)25-14-8-3-9-15-25/h1-2,4-8,10-21H,3,9H2. The van der Waals surface area contributed by atoms with Crippen LogP contribution in [-0.4, -0.2) is 0 Å². The lowest BCUT2D eigenvalue weighted by Gasteiger charge is -2.36. The van der Waals surface area contributed by atoms with Crippen LogP contribution in [0.15, 0.2) is 125 Å². The monoisotopic (exact) mass is 474 g/mol. The molecule has 1 heteroatoms. The summed E-state index contributed by atoms with van der Waals surface area (Å²) in [7, 11) is 0.